The maximum absolute atomic E-state index is 2.59. The van der Waals surface area contributed by atoms with Crippen molar-refractivity contribution in [1.82, 2.24) is 0 Å². The minimum Gasteiger partial charge on any atom is -0.0654 e. The largest absolute Gasteiger partial charge is 0.0654 e. The molecule has 2 atom stereocenters. The standard InChI is InChI=1S/C24H50/c1-10-19-24(9,15-6)21(23(8,13-4)14-5)18-16-17-20-22(7,11-2)12-3/h21H,10-20H2,1-9H3. The zero-order valence-corrected chi connectivity index (χ0v) is 18.9. The van der Waals surface area contributed by atoms with Gasteiger partial charge in [0.15, 0.2) is 0 Å². The Morgan fingerprint density at radius 3 is 1.46 bits per heavy atom. The second-order valence-corrected chi connectivity index (χ2v) is 9.43. The minimum atomic E-state index is 0.513. The Bertz CT molecular complexity index is 308. The highest BCUT2D eigenvalue weighted by Gasteiger charge is 2.42. The summed E-state index contributed by atoms with van der Waals surface area (Å²) in [4.78, 5) is 0. The first kappa shape index (κ1) is 24.0. The lowest BCUT2D eigenvalue weighted by Crippen LogP contribution is -2.39. The number of hydrogen-bond donors (Lipinski definition) is 0. The highest BCUT2D eigenvalue weighted by Crippen LogP contribution is 2.51. The normalized spacial score (nSPS) is 16.9. The van der Waals surface area contributed by atoms with Crippen molar-refractivity contribution < 1.29 is 0 Å². The molecule has 0 aliphatic carbocycles. The first-order valence-electron chi connectivity index (χ1n) is 11.2. The van der Waals surface area contributed by atoms with Crippen molar-refractivity contribution in [2.24, 2.45) is 22.2 Å². The molecule has 24 heavy (non-hydrogen) atoms. The zero-order valence-electron chi connectivity index (χ0n) is 18.9. The molecule has 0 aromatic rings. The highest BCUT2D eigenvalue weighted by atomic mass is 14.5. The summed E-state index contributed by atoms with van der Waals surface area (Å²) < 4.78 is 0. The van der Waals surface area contributed by atoms with Crippen LogP contribution in [0.5, 0.6) is 0 Å². The van der Waals surface area contributed by atoms with Crippen LogP contribution in [0, 0.1) is 22.2 Å². The fourth-order valence-electron chi connectivity index (χ4n) is 4.95. The van der Waals surface area contributed by atoms with Gasteiger partial charge in [-0.05, 0) is 41.4 Å². The molecule has 0 aliphatic heterocycles. The van der Waals surface area contributed by atoms with E-state index in [1.165, 1.54) is 70.6 Å². The topological polar surface area (TPSA) is 0 Å². The third kappa shape index (κ3) is 6.38. The predicted molar refractivity (Wildman–Crippen MR) is 113 cm³/mol. The van der Waals surface area contributed by atoms with Crippen LogP contribution in [-0.2, 0) is 0 Å². The zero-order chi connectivity index (χ0) is 18.9. The lowest BCUT2D eigenvalue weighted by atomic mass is 9.57. The van der Waals surface area contributed by atoms with E-state index >= 15 is 0 Å². The molecule has 0 saturated carbocycles. The van der Waals surface area contributed by atoms with Gasteiger partial charge < -0.3 is 0 Å². The predicted octanol–water partition coefficient (Wildman–Crippen LogP) is 9.03. The Morgan fingerprint density at radius 1 is 0.583 bits per heavy atom. The van der Waals surface area contributed by atoms with E-state index in [0.29, 0.717) is 16.2 Å². The van der Waals surface area contributed by atoms with Gasteiger partial charge in [-0.15, -0.1) is 0 Å². The number of unbranched alkanes of at least 4 members (excludes halogenated alkanes) is 1. The van der Waals surface area contributed by atoms with Gasteiger partial charge in [0.1, 0.15) is 0 Å². The van der Waals surface area contributed by atoms with Crippen molar-refractivity contribution in [1.29, 1.82) is 0 Å². The smallest absolute Gasteiger partial charge is 0.0295 e. The Kier molecular flexibility index (Phi) is 10.9. The van der Waals surface area contributed by atoms with Gasteiger partial charge in [0, 0.05) is 0 Å². The molecule has 0 fully saturated rings. The van der Waals surface area contributed by atoms with Gasteiger partial charge in [-0.3, -0.25) is 0 Å². The molecule has 0 heteroatoms. The number of hydrogen-bond acceptors (Lipinski definition) is 0. The van der Waals surface area contributed by atoms with Crippen molar-refractivity contribution >= 4 is 0 Å². The summed E-state index contributed by atoms with van der Waals surface area (Å²) in [5.74, 6) is 0.874. The maximum atomic E-state index is 2.59. The molecule has 0 spiro atoms. The van der Waals surface area contributed by atoms with Crippen LogP contribution in [0.25, 0.3) is 0 Å². The molecule has 0 heterocycles. The quantitative estimate of drug-likeness (QED) is 0.277. The van der Waals surface area contributed by atoms with Gasteiger partial charge >= 0.3 is 0 Å². The van der Waals surface area contributed by atoms with Gasteiger partial charge in [-0.25, -0.2) is 0 Å². The summed E-state index contributed by atoms with van der Waals surface area (Å²) in [5, 5.41) is 0. The SMILES string of the molecule is CCCC(C)(CC)C(CCCCC(C)(CC)CC)C(C)(CC)CC. The summed E-state index contributed by atoms with van der Waals surface area (Å²) in [6.07, 6.45) is 15.1. The monoisotopic (exact) mass is 338 g/mol. The van der Waals surface area contributed by atoms with Gasteiger partial charge in [0.2, 0.25) is 0 Å². The molecule has 0 aliphatic rings. The van der Waals surface area contributed by atoms with E-state index in [0.717, 1.165) is 5.92 Å². The third-order valence-corrected chi connectivity index (χ3v) is 8.16. The van der Waals surface area contributed by atoms with Crippen molar-refractivity contribution in [3.8, 4) is 0 Å². The van der Waals surface area contributed by atoms with Crippen LogP contribution in [0.1, 0.15) is 133 Å². The van der Waals surface area contributed by atoms with E-state index in [2.05, 4.69) is 62.3 Å². The van der Waals surface area contributed by atoms with Crippen molar-refractivity contribution in [2.75, 3.05) is 0 Å². The van der Waals surface area contributed by atoms with Crippen LogP contribution in [0.4, 0.5) is 0 Å². The van der Waals surface area contributed by atoms with Crippen molar-refractivity contribution in [3.05, 3.63) is 0 Å². The molecule has 0 rings (SSSR count). The molecule has 0 amide bonds. The molecule has 0 nitrogen and oxygen atoms in total. The molecule has 0 aromatic heterocycles. The van der Waals surface area contributed by atoms with E-state index in [4.69, 9.17) is 0 Å². The first-order valence-corrected chi connectivity index (χ1v) is 11.2. The average Bonchev–Trinajstić information content (AvgIpc) is 2.60. The Hall–Kier alpha value is 0. The van der Waals surface area contributed by atoms with Gasteiger partial charge in [0.05, 0.1) is 0 Å². The maximum Gasteiger partial charge on any atom is -0.0295 e. The molecule has 2 unspecified atom stereocenters. The van der Waals surface area contributed by atoms with E-state index in [9.17, 15) is 0 Å². The lowest BCUT2D eigenvalue weighted by Gasteiger charge is -2.48. The third-order valence-electron chi connectivity index (χ3n) is 8.16. The molecule has 0 bridgehead atoms. The molecule has 0 N–H and O–H groups in total. The van der Waals surface area contributed by atoms with E-state index in [1.54, 1.807) is 0 Å². The van der Waals surface area contributed by atoms with Gasteiger partial charge in [0.25, 0.3) is 0 Å². The molecule has 146 valence electrons. The highest BCUT2D eigenvalue weighted by molar-refractivity contribution is 4.92. The summed E-state index contributed by atoms with van der Waals surface area (Å²) in [6.45, 7) is 22.0. The number of rotatable bonds is 14. The van der Waals surface area contributed by atoms with Crippen molar-refractivity contribution in [2.45, 2.75) is 133 Å². The molecule has 0 aromatic carbocycles. The van der Waals surface area contributed by atoms with Crippen molar-refractivity contribution in [3.63, 3.8) is 0 Å². The van der Waals surface area contributed by atoms with Crippen LogP contribution in [0.15, 0.2) is 0 Å². The van der Waals surface area contributed by atoms with Gasteiger partial charge in [-0.1, -0.05) is 114 Å². The molecule has 0 radical (unpaired) electrons. The van der Waals surface area contributed by atoms with Crippen LogP contribution in [0.3, 0.4) is 0 Å². The minimum absolute atomic E-state index is 0.513. The lowest BCUT2D eigenvalue weighted by molar-refractivity contribution is 0.0172. The second kappa shape index (κ2) is 10.9. The van der Waals surface area contributed by atoms with Crippen LogP contribution in [-0.4, -0.2) is 0 Å². The summed E-state index contributed by atoms with van der Waals surface area (Å²) in [7, 11) is 0. The molecular weight excluding hydrogens is 288 g/mol. The van der Waals surface area contributed by atoms with Gasteiger partial charge in [-0.2, -0.15) is 0 Å². The molecular formula is C24H50. The van der Waals surface area contributed by atoms with E-state index < -0.39 is 0 Å². The van der Waals surface area contributed by atoms with Crippen LogP contribution >= 0.6 is 0 Å². The summed E-state index contributed by atoms with van der Waals surface area (Å²) in [5.41, 5.74) is 1.61. The molecule has 0 saturated heterocycles. The second-order valence-electron chi connectivity index (χ2n) is 9.43. The van der Waals surface area contributed by atoms with Crippen LogP contribution < -0.4 is 0 Å². The fraction of sp³-hybridized carbons (Fsp3) is 1.00. The Morgan fingerprint density at radius 2 is 1.08 bits per heavy atom. The fourth-order valence-corrected chi connectivity index (χ4v) is 4.95. The summed E-state index contributed by atoms with van der Waals surface area (Å²) in [6, 6.07) is 0. The Labute approximate surface area is 155 Å². The first-order chi connectivity index (χ1) is 11.2. The van der Waals surface area contributed by atoms with Crippen LogP contribution in [0.2, 0.25) is 0 Å². The Balaban J connectivity index is 5.04. The van der Waals surface area contributed by atoms with E-state index in [-0.39, 0.29) is 0 Å². The summed E-state index contributed by atoms with van der Waals surface area (Å²) >= 11 is 0. The van der Waals surface area contributed by atoms with E-state index in [1.807, 2.05) is 0 Å². The average molecular weight is 339 g/mol.